The highest BCUT2D eigenvalue weighted by molar-refractivity contribution is 5.66. The van der Waals surface area contributed by atoms with E-state index in [0.717, 1.165) is 37.8 Å². The number of nitrogens with zero attached hydrogens (tertiary/aromatic N) is 7. The SMILES string of the molecule is O=C(O)Cn1cc(CNc2nc(N3CCOCC3)cc(N3CCOCC3)n2)nn1. The molecule has 2 aliphatic heterocycles. The molecule has 4 rings (SSSR count). The van der Waals surface area contributed by atoms with Gasteiger partial charge in [0.15, 0.2) is 0 Å². The first kappa shape index (κ1) is 19.3. The van der Waals surface area contributed by atoms with Gasteiger partial charge in [0.05, 0.1) is 39.2 Å². The van der Waals surface area contributed by atoms with E-state index in [0.29, 0.717) is 44.6 Å². The summed E-state index contributed by atoms with van der Waals surface area (Å²) in [6, 6.07) is 2.00. The molecule has 2 fully saturated rings. The summed E-state index contributed by atoms with van der Waals surface area (Å²) in [5.74, 6) is 1.22. The Morgan fingerprint density at radius 2 is 1.62 bits per heavy atom. The zero-order valence-corrected chi connectivity index (χ0v) is 16.0. The molecule has 0 aromatic carbocycles. The predicted octanol–water partition coefficient (Wildman–Crippen LogP) is -0.562. The molecule has 156 valence electrons. The Hall–Kier alpha value is -2.99. The summed E-state index contributed by atoms with van der Waals surface area (Å²) in [6.07, 6.45) is 1.59. The first-order valence-electron chi connectivity index (χ1n) is 9.56. The monoisotopic (exact) mass is 404 g/mol. The van der Waals surface area contributed by atoms with Crippen LogP contribution in [-0.4, -0.2) is 88.6 Å². The van der Waals surface area contributed by atoms with Crippen LogP contribution in [0.25, 0.3) is 0 Å². The molecule has 2 aromatic rings. The highest BCUT2D eigenvalue weighted by atomic mass is 16.5. The Bertz CT molecular complexity index is 796. The molecule has 12 heteroatoms. The van der Waals surface area contributed by atoms with Gasteiger partial charge in [0, 0.05) is 32.2 Å². The van der Waals surface area contributed by atoms with Crippen LogP contribution < -0.4 is 15.1 Å². The molecule has 2 N–H and O–H groups in total. The fourth-order valence-corrected chi connectivity index (χ4v) is 3.21. The summed E-state index contributed by atoms with van der Waals surface area (Å²) in [6.45, 7) is 5.93. The van der Waals surface area contributed by atoms with E-state index in [-0.39, 0.29) is 6.54 Å². The number of aromatic nitrogens is 5. The Kier molecular flexibility index (Phi) is 6.00. The molecule has 0 amide bonds. The van der Waals surface area contributed by atoms with E-state index < -0.39 is 5.97 Å². The van der Waals surface area contributed by atoms with Crippen LogP contribution in [0.2, 0.25) is 0 Å². The van der Waals surface area contributed by atoms with Crippen molar-refractivity contribution in [2.75, 3.05) is 67.7 Å². The van der Waals surface area contributed by atoms with Gasteiger partial charge in [-0.1, -0.05) is 5.21 Å². The third kappa shape index (κ3) is 5.09. The molecule has 2 saturated heterocycles. The average molecular weight is 404 g/mol. The molecule has 0 atom stereocenters. The number of carbonyl (C=O) groups is 1. The Morgan fingerprint density at radius 3 is 2.17 bits per heavy atom. The fourth-order valence-electron chi connectivity index (χ4n) is 3.21. The lowest BCUT2D eigenvalue weighted by Gasteiger charge is -2.31. The second kappa shape index (κ2) is 9.01. The number of anilines is 3. The van der Waals surface area contributed by atoms with Crippen LogP contribution in [0.15, 0.2) is 12.3 Å². The molecular weight excluding hydrogens is 380 g/mol. The van der Waals surface area contributed by atoms with Crippen molar-refractivity contribution in [1.82, 2.24) is 25.0 Å². The van der Waals surface area contributed by atoms with Gasteiger partial charge in [-0.2, -0.15) is 9.97 Å². The minimum Gasteiger partial charge on any atom is -0.480 e. The quantitative estimate of drug-likeness (QED) is 0.615. The van der Waals surface area contributed by atoms with Crippen molar-refractivity contribution in [3.63, 3.8) is 0 Å². The minimum absolute atomic E-state index is 0.225. The van der Waals surface area contributed by atoms with Gasteiger partial charge in [-0.15, -0.1) is 5.10 Å². The summed E-state index contributed by atoms with van der Waals surface area (Å²) < 4.78 is 12.2. The lowest BCUT2D eigenvalue weighted by Crippen LogP contribution is -2.39. The second-order valence-corrected chi connectivity index (χ2v) is 6.76. The molecule has 0 bridgehead atoms. The van der Waals surface area contributed by atoms with E-state index in [1.54, 1.807) is 6.20 Å². The minimum atomic E-state index is -0.967. The summed E-state index contributed by atoms with van der Waals surface area (Å²) in [7, 11) is 0. The maximum Gasteiger partial charge on any atom is 0.325 e. The maximum absolute atomic E-state index is 10.8. The number of rotatable bonds is 7. The number of hydrogen-bond acceptors (Lipinski definition) is 10. The number of morpholine rings is 2. The van der Waals surface area contributed by atoms with Crippen molar-refractivity contribution in [2.24, 2.45) is 0 Å². The van der Waals surface area contributed by atoms with E-state index in [1.165, 1.54) is 4.68 Å². The van der Waals surface area contributed by atoms with Crippen LogP contribution in [0.3, 0.4) is 0 Å². The molecule has 0 saturated carbocycles. The van der Waals surface area contributed by atoms with Gasteiger partial charge in [-0.05, 0) is 0 Å². The number of carboxylic acids is 1. The molecule has 4 heterocycles. The van der Waals surface area contributed by atoms with E-state index in [1.807, 2.05) is 6.07 Å². The molecule has 2 aliphatic rings. The second-order valence-electron chi connectivity index (χ2n) is 6.76. The summed E-state index contributed by atoms with van der Waals surface area (Å²) in [5.41, 5.74) is 0.611. The largest absolute Gasteiger partial charge is 0.480 e. The normalized spacial score (nSPS) is 17.4. The number of carboxylic acid groups (broad SMARTS) is 1. The van der Waals surface area contributed by atoms with Crippen molar-refractivity contribution in [1.29, 1.82) is 0 Å². The fraction of sp³-hybridized carbons (Fsp3) is 0.588. The van der Waals surface area contributed by atoms with Gasteiger partial charge in [0.25, 0.3) is 0 Å². The lowest BCUT2D eigenvalue weighted by atomic mass is 10.3. The summed E-state index contributed by atoms with van der Waals surface area (Å²) >= 11 is 0. The standard InChI is InChI=1S/C17H24N8O4/c26-16(27)12-25-11-13(21-22-25)10-18-17-19-14(23-1-5-28-6-2-23)9-15(20-17)24-3-7-29-8-4-24/h9,11H,1-8,10,12H2,(H,26,27)(H,18,19,20). The summed E-state index contributed by atoms with van der Waals surface area (Å²) in [4.78, 5) is 24.5. The van der Waals surface area contributed by atoms with Crippen molar-refractivity contribution in [3.05, 3.63) is 18.0 Å². The molecule has 12 nitrogen and oxygen atoms in total. The number of nitrogens with one attached hydrogen (secondary N) is 1. The smallest absolute Gasteiger partial charge is 0.325 e. The van der Waals surface area contributed by atoms with Crippen LogP contribution >= 0.6 is 0 Å². The topological polar surface area (TPSA) is 131 Å². The third-order valence-electron chi connectivity index (χ3n) is 4.68. The van der Waals surface area contributed by atoms with Crippen molar-refractivity contribution in [3.8, 4) is 0 Å². The highest BCUT2D eigenvalue weighted by Gasteiger charge is 2.19. The molecule has 0 unspecified atom stereocenters. The Balaban J connectivity index is 1.51. The van der Waals surface area contributed by atoms with Crippen LogP contribution in [0.1, 0.15) is 5.69 Å². The number of hydrogen-bond donors (Lipinski definition) is 2. The number of aliphatic carboxylic acids is 1. The van der Waals surface area contributed by atoms with E-state index in [2.05, 4.69) is 35.4 Å². The number of ether oxygens (including phenoxy) is 2. The maximum atomic E-state index is 10.8. The van der Waals surface area contributed by atoms with Gasteiger partial charge in [0.1, 0.15) is 23.9 Å². The van der Waals surface area contributed by atoms with Crippen LogP contribution in [-0.2, 0) is 27.4 Å². The van der Waals surface area contributed by atoms with Gasteiger partial charge in [-0.3, -0.25) is 4.79 Å². The lowest BCUT2D eigenvalue weighted by molar-refractivity contribution is -0.137. The molecule has 29 heavy (non-hydrogen) atoms. The van der Waals surface area contributed by atoms with Crippen molar-refractivity contribution >= 4 is 23.6 Å². The van der Waals surface area contributed by atoms with Crippen LogP contribution in [0.5, 0.6) is 0 Å². The third-order valence-corrected chi connectivity index (χ3v) is 4.68. The molecule has 2 aromatic heterocycles. The molecular formula is C17H24N8O4. The molecule has 0 spiro atoms. The van der Waals surface area contributed by atoms with Crippen LogP contribution in [0, 0.1) is 0 Å². The highest BCUT2D eigenvalue weighted by Crippen LogP contribution is 2.23. The van der Waals surface area contributed by atoms with Crippen molar-refractivity contribution in [2.45, 2.75) is 13.1 Å². The van der Waals surface area contributed by atoms with E-state index >= 15 is 0 Å². The van der Waals surface area contributed by atoms with Gasteiger partial charge >= 0.3 is 5.97 Å². The van der Waals surface area contributed by atoms with Crippen molar-refractivity contribution < 1.29 is 19.4 Å². The molecule has 0 aliphatic carbocycles. The Morgan fingerprint density at radius 1 is 1.03 bits per heavy atom. The van der Waals surface area contributed by atoms with Crippen LogP contribution in [0.4, 0.5) is 17.6 Å². The average Bonchev–Trinajstić information content (AvgIpc) is 3.20. The molecule has 0 radical (unpaired) electrons. The zero-order chi connectivity index (χ0) is 20.1. The van der Waals surface area contributed by atoms with E-state index in [9.17, 15) is 4.79 Å². The first-order chi connectivity index (χ1) is 14.2. The zero-order valence-electron chi connectivity index (χ0n) is 16.0. The van der Waals surface area contributed by atoms with Gasteiger partial charge in [0.2, 0.25) is 5.95 Å². The van der Waals surface area contributed by atoms with Gasteiger partial charge < -0.3 is 29.7 Å². The first-order valence-corrected chi connectivity index (χ1v) is 9.56. The Labute approximate surface area is 167 Å². The summed E-state index contributed by atoms with van der Waals surface area (Å²) in [5, 5.41) is 19.8. The van der Waals surface area contributed by atoms with E-state index in [4.69, 9.17) is 14.6 Å². The van der Waals surface area contributed by atoms with Gasteiger partial charge in [-0.25, -0.2) is 4.68 Å². The predicted molar refractivity (Wildman–Crippen MR) is 103 cm³/mol.